The van der Waals surface area contributed by atoms with Crippen LogP contribution in [0.2, 0.25) is 0 Å². The molecule has 35 heavy (non-hydrogen) atoms. The van der Waals surface area contributed by atoms with E-state index in [-0.39, 0.29) is 11.9 Å². The lowest BCUT2D eigenvalue weighted by atomic mass is 9.87. The number of aryl methyl sites for hydroxylation is 2. The van der Waals surface area contributed by atoms with Crippen molar-refractivity contribution in [3.63, 3.8) is 0 Å². The number of anilines is 1. The minimum absolute atomic E-state index is 0.139. The van der Waals surface area contributed by atoms with E-state index < -0.39 is 0 Å². The number of amides is 1. The number of carbonyl (C=O) groups excluding carboxylic acids is 1. The van der Waals surface area contributed by atoms with Gasteiger partial charge in [0.25, 0.3) is 5.91 Å². The summed E-state index contributed by atoms with van der Waals surface area (Å²) in [6.07, 6.45) is 7.06. The molecule has 3 aromatic rings. The minimum Gasteiger partial charge on any atom is -0.379 e. The van der Waals surface area contributed by atoms with Crippen LogP contribution >= 0.6 is 11.3 Å². The molecule has 1 amide bonds. The molecule has 3 aliphatic rings. The first kappa shape index (κ1) is 22.9. The third kappa shape index (κ3) is 4.43. The van der Waals surface area contributed by atoms with Crippen LogP contribution in [0.15, 0.2) is 30.6 Å². The van der Waals surface area contributed by atoms with Crippen molar-refractivity contribution in [3.05, 3.63) is 52.2 Å². The van der Waals surface area contributed by atoms with Gasteiger partial charge in [0, 0.05) is 32.2 Å². The van der Waals surface area contributed by atoms with Crippen LogP contribution in [0.3, 0.4) is 0 Å². The quantitative estimate of drug-likeness (QED) is 0.582. The SMILES string of the molecule is Cc1c(C(=O)N2CCC(N3CCOCC3)CC2)sc2ncnc(NC3CCCc4ccccc43)c12. The van der Waals surface area contributed by atoms with Crippen LogP contribution in [-0.2, 0) is 11.2 Å². The lowest BCUT2D eigenvalue weighted by Gasteiger charge is -2.40. The average molecular weight is 492 g/mol. The second-order valence-electron chi connectivity index (χ2n) is 9.92. The lowest BCUT2D eigenvalue weighted by molar-refractivity contribution is 0.00163. The topological polar surface area (TPSA) is 70.6 Å². The smallest absolute Gasteiger partial charge is 0.264 e. The Bertz CT molecular complexity index is 1210. The fourth-order valence-electron chi connectivity index (χ4n) is 5.97. The Kier molecular flexibility index (Phi) is 6.43. The molecule has 0 radical (unpaired) electrons. The third-order valence-electron chi connectivity index (χ3n) is 7.92. The van der Waals surface area contributed by atoms with Crippen molar-refractivity contribution in [2.45, 2.75) is 51.1 Å². The molecule has 7 nitrogen and oxygen atoms in total. The standard InChI is InChI=1S/C27H33N5O2S/c1-18-23-25(30-22-8-4-6-19-5-2-3-7-21(19)22)28-17-29-26(23)35-24(18)27(33)32-11-9-20(10-12-32)31-13-15-34-16-14-31/h2-3,5,7,17,20,22H,4,6,8-16H2,1H3,(H,28,29,30). The van der Waals surface area contributed by atoms with Gasteiger partial charge in [-0.1, -0.05) is 24.3 Å². The number of morpholine rings is 1. The van der Waals surface area contributed by atoms with Crippen molar-refractivity contribution >= 4 is 33.3 Å². The van der Waals surface area contributed by atoms with Crippen LogP contribution in [0.5, 0.6) is 0 Å². The number of piperidine rings is 1. The average Bonchev–Trinajstić information content (AvgIpc) is 3.26. The summed E-state index contributed by atoms with van der Waals surface area (Å²) in [4.78, 5) is 29.0. The van der Waals surface area contributed by atoms with Crippen molar-refractivity contribution < 1.29 is 9.53 Å². The molecule has 1 atom stereocenters. The van der Waals surface area contributed by atoms with Crippen molar-refractivity contribution in [2.75, 3.05) is 44.7 Å². The first-order valence-electron chi connectivity index (χ1n) is 12.9. The molecule has 2 saturated heterocycles. The van der Waals surface area contributed by atoms with Gasteiger partial charge in [0.15, 0.2) is 0 Å². The van der Waals surface area contributed by atoms with Gasteiger partial charge in [-0.3, -0.25) is 9.69 Å². The summed E-state index contributed by atoms with van der Waals surface area (Å²) in [5, 5.41) is 4.70. The third-order valence-corrected chi connectivity index (χ3v) is 9.10. The molecular weight excluding hydrogens is 458 g/mol. The number of aromatic nitrogens is 2. The number of benzene rings is 1. The van der Waals surface area contributed by atoms with Crippen molar-refractivity contribution in [1.82, 2.24) is 19.8 Å². The Morgan fingerprint density at radius 3 is 2.71 bits per heavy atom. The maximum absolute atomic E-state index is 13.6. The Labute approximate surface area is 210 Å². The molecule has 2 fully saturated rings. The fourth-order valence-corrected chi connectivity index (χ4v) is 7.09. The highest BCUT2D eigenvalue weighted by Gasteiger charge is 2.30. The highest BCUT2D eigenvalue weighted by molar-refractivity contribution is 7.20. The van der Waals surface area contributed by atoms with Gasteiger partial charge in [-0.15, -0.1) is 11.3 Å². The summed E-state index contributed by atoms with van der Waals surface area (Å²) in [6.45, 7) is 7.33. The summed E-state index contributed by atoms with van der Waals surface area (Å²) < 4.78 is 5.50. The highest BCUT2D eigenvalue weighted by atomic mass is 32.1. The van der Waals surface area contributed by atoms with Gasteiger partial charge in [-0.05, 0) is 55.7 Å². The Balaban J connectivity index is 1.21. The van der Waals surface area contributed by atoms with E-state index in [1.807, 2.05) is 4.90 Å². The number of nitrogens with one attached hydrogen (secondary N) is 1. The normalized spacial score (nSPS) is 21.7. The van der Waals surface area contributed by atoms with E-state index in [4.69, 9.17) is 4.74 Å². The van der Waals surface area contributed by atoms with E-state index in [9.17, 15) is 4.79 Å². The maximum Gasteiger partial charge on any atom is 0.264 e. The number of carbonyl (C=O) groups is 1. The maximum atomic E-state index is 13.6. The first-order chi connectivity index (χ1) is 17.2. The molecule has 4 heterocycles. The number of hydrogen-bond acceptors (Lipinski definition) is 7. The van der Waals surface area contributed by atoms with E-state index in [2.05, 4.69) is 51.4 Å². The second-order valence-corrected chi connectivity index (χ2v) is 10.9. The van der Waals surface area contributed by atoms with E-state index in [0.29, 0.717) is 6.04 Å². The molecule has 0 bridgehead atoms. The first-order valence-corrected chi connectivity index (χ1v) is 13.7. The monoisotopic (exact) mass is 491 g/mol. The molecule has 0 saturated carbocycles. The van der Waals surface area contributed by atoms with Crippen LogP contribution in [0.25, 0.3) is 10.2 Å². The summed E-state index contributed by atoms with van der Waals surface area (Å²) in [6, 6.07) is 9.48. The lowest BCUT2D eigenvalue weighted by Crippen LogP contribution is -2.50. The zero-order chi connectivity index (χ0) is 23.8. The van der Waals surface area contributed by atoms with Gasteiger partial charge in [-0.25, -0.2) is 9.97 Å². The largest absolute Gasteiger partial charge is 0.379 e. The van der Waals surface area contributed by atoms with Crippen LogP contribution in [0.1, 0.15) is 58.1 Å². The van der Waals surface area contributed by atoms with Crippen LogP contribution in [0, 0.1) is 6.92 Å². The minimum atomic E-state index is 0.139. The van der Waals surface area contributed by atoms with Crippen LogP contribution in [-0.4, -0.2) is 71.1 Å². The van der Waals surface area contributed by atoms with Gasteiger partial charge in [0.1, 0.15) is 17.0 Å². The Hall–Kier alpha value is -2.55. The molecule has 184 valence electrons. The molecule has 6 rings (SSSR count). The molecule has 0 spiro atoms. The molecule has 1 N–H and O–H groups in total. The summed E-state index contributed by atoms with van der Waals surface area (Å²) in [5.74, 6) is 0.982. The number of nitrogens with zero attached hydrogens (tertiary/aromatic N) is 4. The van der Waals surface area contributed by atoms with Gasteiger partial charge >= 0.3 is 0 Å². The molecule has 1 unspecified atom stereocenters. The number of rotatable bonds is 4. The van der Waals surface area contributed by atoms with E-state index in [0.717, 1.165) is 98.0 Å². The fraction of sp³-hybridized carbons (Fsp3) is 0.519. The van der Waals surface area contributed by atoms with Gasteiger partial charge in [-0.2, -0.15) is 0 Å². The highest BCUT2D eigenvalue weighted by Crippen LogP contribution is 2.38. The van der Waals surface area contributed by atoms with Crippen molar-refractivity contribution in [1.29, 1.82) is 0 Å². The number of fused-ring (bicyclic) bond motifs is 2. The zero-order valence-electron chi connectivity index (χ0n) is 20.3. The van der Waals surface area contributed by atoms with Crippen LogP contribution < -0.4 is 5.32 Å². The van der Waals surface area contributed by atoms with Gasteiger partial charge in [0.2, 0.25) is 0 Å². The Morgan fingerprint density at radius 2 is 1.89 bits per heavy atom. The predicted molar refractivity (Wildman–Crippen MR) is 139 cm³/mol. The molecule has 1 aliphatic carbocycles. The summed E-state index contributed by atoms with van der Waals surface area (Å²) >= 11 is 1.51. The number of hydrogen-bond donors (Lipinski definition) is 1. The number of ether oxygens (including phenoxy) is 1. The molecule has 2 aliphatic heterocycles. The number of thiophene rings is 1. The van der Waals surface area contributed by atoms with Gasteiger partial charge in [0.05, 0.1) is 29.5 Å². The summed E-state index contributed by atoms with van der Waals surface area (Å²) in [5.41, 5.74) is 3.77. The van der Waals surface area contributed by atoms with Crippen molar-refractivity contribution in [2.24, 2.45) is 0 Å². The molecule has 1 aromatic carbocycles. The zero-order valence-corrected chi connectivity index (χ0v) is 21.1. The molecular formula is C27H33N5O2S. The Morgan fingerprint density at radius 1 is 1.09 bits per heavy atom. The predicted octanol–water partition coefficient (Wildman–Crippen LogP) is 4.43. The van der Waals surface area contributed by atoms with E-state index in [1.54, 1.807) is 6.33 Å². The number of likely N-dealkylation sites (tertiary alicyclic amines) is 1. The molecule has 2 aromatic heterocycles. The van der Waals surface area contributed by atoms with E-state index in [1.165, 1.54) is 22.5 Å². The van der Waals surface area contributed by atoms with E-state index >= 15 is 0 Å². The van der Waals surface area contributed by atoms with Gasteiger partial charge < -0.3 is 15.0 Å². The summed E-state index contributed by atoms with van der Waals surface area (Å²) in [7, 11) is 0. The van der Waals surface area contributed by atoms with Crippen molar-refractivity contribution in [3.8, 4) is 0 Å². The second kappa shape index (κ2) is 9.84. The molecule has 8 heteroatoms. The van der Waals surface area contributed by atoms with Crippen LogP contribution in [0.4, 0.5) is 5.82 Å².